The van der Waals surface area contributed by atoms with Gasteiger partial charge >= 0.3 is 7.82 Å². The molecular weight excluding hydrogens is 521 g/mol. The summed E-state index contributed by atoms with van der Waals surface area (Å²) in [6, 6.07) is 1.44. The number of fused-ring (bicyclic) bond motifs is 1. The van der Waals surface area contributed by atoms with Crippen molar-refractivity contribution in [2.75, 3.05) is 37.9 Å². The van der Waals surface area contributed by atoms with Crippen molar-refractivity contribution in [2.24, 2.45) is 0 Å². The number of nitrogens with zero attached hydrogens (tertiary/aromatic N) is 4. The highest BCUT2D eigenvalue weighted by molar-refractivity contribution is 7.46. The molecule has 1 aromatic carbocycles. The quantitative estimate of drug-likeness (QED) is 0.308. The summed E-state index contributed by atoms with van der Waals surface area (Å²) in [6.45, 7) is 4.36. The number of hydrogen-bond donors (Lipinski definition) is 2. The molecule has 1 fully saturated rings. The van der Waals surface area contributed by atoms with E-state index in [-0.39, 0.29) is 34.0 Å². The van der Waals surface area contributed by atoms with E-state index >= 15 is 4.39 Å². The highest BCUT2D eigenvalue weighted by Gasteiger charge is 2.31. The van der Waals surface area contributed by atoms with Gasteiger partial charge in [0.2, 0.25) is 5.91 Å². The number of hydrogen-bond acceptors (Lipinski definition) is 7. The third kappa shape index (κ3) is 5.49. The van der Waals surface area contributed by atoms with Crippen LogP contribution in [-0.2, 0) is 18.6 Å². The van der Waals surface area contributed by atoms with Crippen LogP contribution >= 0.6 is 19.4 Å². The first kappa shape index (κ1) is 26.3. The van der Waals surface area contributed by atoms with Gasteiger partial charge in [0.25, 0.3) is 0 Å². The number of amides is 1. The molecule has 2 aliphatic rings. The number of halogens is 3. The first-order valence-electron chi connectivity index (χ1n) is 10.8. The van der Waals surface area contributed by atoms with Crippen molar-refractivity contribution >= 4 is 47.6 Å². The van der Waals surface area contributed by atoms with E-state index in [0.717, 1.165) is 6.08 Å². The Morgan fingerprint density at radius 1 is 1.28 bits per heavy atom. The Labute approximate surface area is 209 Å². The number of anilines is 1. The Bertz CT molecular complexity index is 1310. The SMILES string of the molecule is C=CC(=O)N1CCN(c2ncnc3c(F)c(C4=C(F)C=CCC4OCOP(=O)(O)O)c(Cl)cc23)CC1. The highest BCUT2D eigenvalue weighted by atomic mass is 35.5. The summed E-state index contributed by atoms with van der Waals surface area (Å²) >= 11 is 6.46. The van der Waals surface area contributed by atoms with Crippen molar-refractivity contribution in [1.29, 1.82) is 0 Å². The first-order valence-corrected chi connectivity index (χ1v) is 12.7. The molecule has 1 saturated heterocycles. The molecule has 2 N–H and O–H groups in total. The molecule has 192 valence electrons. The molecule has 0 saturated carbocycles. The molecule has 2 aromatic rings. The van der Waals surface area contributed by atoms with Crippen molar-refractivity contribution in [3.63, 3.8) is 0 Å². The second-order valence-corrected chi connectivity index (χ2v) is 9.60. The van der Waals surface area contributed by atoms with Crippen LogP contribution in [0, 0.1) is 5.82 Å². The van der Waals surface area contributed by atoms with Gasteiger partial charge in [-0.2, -0.15) is 0 Å². The van der Waals surface area contributed by atoms with Gasteiger partial charge in [0.1, 0.15) is 23.5 Å². The standard InChI is InChI=1S/C22H22ClF2N4O6P/c1-2-17(30)28-6-8-29(9-7-28)22-13-10-14(23)18(20(25)21(13)26-11-27-22)19-15(24)4-3-5-16(19)34-12-35-36(31,32)33/h2-4,10-11,16H,1,5-9,12H2,(H2,31,32,33). The van der Waals surface area contributed by atoms with Crippen molar-refractivity contribution in [1.82, 2.24) is 14.9 Å². The minimum atomic E-state index is -4.82. The molecule has 1 amide bonds. The molecule has 1 unspecified atom stereocenters. The van der Waals surface area contributed by atoms with E-state index in [9.17, 15) is 13.8 Å². The molecule has 0 bridgehead atoms. The van der Waals surface area contributed by atoms with Crippen LogP contribution in [0.15, 0.2) is 43.0 Å². The van der Waals surface area contributed by atoms with E-state index in [2.05, 4.69) is 21.1 Å². The lowest BCUT2D eigenvalue weighted by molar-refractivity contribution is -0.126. The van der Waals surface area contributed by atoms with Gasteiger partial charge in [0.05, 0.1) is 11.1 Å². The van der Waals surface area contributed by atoms with E-state index in [1.165, 1.54) is 24.5 Å². The maximum Gasteiger partial charge on any atom is 0.471 e. The Morgan fingerprint density at radius 2 is 2.00 bits per heavy atom. The number of phosphoric acid groups is 1. The zero-order valence-electron chi connectivity index (χ0n) is 18.8. The molecular formula is C22H22ClF2N4O6P. The van der Waals surface area contributed by atoms with E-state index < -0.39 is 32.4 Å². The lowest BCUT2D eigenvalue weighted by Crippen LogP contribution is -2.48. The van der Waals surface area contributed by atoms with E-state index in [1.807, 2.05) is 4.90 Å². The summed E-state index contributed by atoms with van der Waals surface area (Å²) in [5.41, 5.74) is -0.602. The Morgan fingerprint density at radius 3 is 2.67 bits per heavy atom. The summed E-state index contributed by atoms with van der Waals surface area (Å²) in [4.78, 5) is 41.5. The van der Waals surface area contributed by atoms with E-state index in [0.29, 0.717) is 37.4 Å². The first-order chi connectivity index (χ1) is 17.1. The van der Waals surface area contributed by atoms with Crippen molar-refractivity contribution in [3.05, 3.63) is 59.4 Å². The fraction of sp³-hybridized carbons (Fsp3) is 0.318. The van der Waals surface area contributed by atoms with Gasteiger partial charge < -0.3 is 24.3 Å². The van der Waals surface area contributed by atoms with Crippen molar-refractivity contribution < 1.29 is 37.2 Å². The molecule has 1 aliphatic heterocycles. The largest absolute Gasteiger partial charge is 0.471 e. The van der Waals surface area contributed by atoms with Gasteiger partial charge in [-0.25, -0.2) is 23.3 Å². The second-order valence-electron chi connectivity index (χ2n) is 7.95. The van der Waals surface area contributed by atoms with Crippen LogP contribution in [0.5, 0.6) is 0 Å². The van der Waals surface area contributed by atoms with Gasteiger partial charge in [0.15, 0.2) is 12.6 Å². The number of aromatic nitrogens is 2. The maximum absolute atomic E-state index is 15.8. The molecule has 14 heteroatoms. The highest BCUT2D eigenvalue weighted by Crippen LogP contribution is 2.42. The molecule has 0 radical (unpaired) electrons. The smallest absolute Gasteiger partial charge is 0.352 e. The Hall–Kier alpha value is -2.73. The summed E-state index contributed by atoms with van der Waals surface area (Å²) in [5, 5.41) is 0.184. The van der Waals surface area contributed by atoms with Gasteiger partial charge in [-0.3, -0.25) is 9.32 Å². The zero-order chi connectivity index (χ0) is 26.0. The van der Waals surface area contributed by atoms with E-state index in [1.54, 1.807) is 4.90 Å². The number of carbonyl (C=O) groups is 1. The van der Waals surface area contributed by atoms with Gasteiger partial charge in [0, 0.05) is 42.7 Å². The number of allylic oxidation sites excluding steroid dienone is 2. The summed E-state index contributed by atoms with van der Waals surface area (Å²) in [7, 11) is -4.82. The van der Waals surface area contributed by atoms with Crippen LogP contribution < -0.4 is 4.90 Å². The third-order valence-corrected chi connectivity index (χ3v) is 6.56. The van der Waals surface area contributed by atoms with Crippen LogP contribution in [0.2, 0.25) is 5.02 Å². The predicted octanol–water partition coefficient (Wildman–Crippen LogP) is 3.35. The molecule has 36 heavy (non-hydrogen) atoms. The van der Waals surface area contributed by atoms with Gasteiger partial charge in [-0.1, -0.05) is 24.3 Å². The van der Waals surface area contributed by atoms with Crippen LogP contribution in [0.3, 0.4) is 0 Å². The molecule has 4 rings (SSSR count). The van der Waals surface area contributed by atoms with Crippen molar-refractivity contribution in [2.45, 2.75) is 12.5 Å². The van der Waals surface area contributed by atoms with E-state index in [4.69, 9.17) is 26.1 Å². The molecule has 2 heterocycles. The normalized spacial score (nSPS) is 18.8. The topological polar surface area (TPSA) is 125 Å². The van der Waals surface area contributed by atoms with Crippen molar-refractivity contribution in [3.8, 4) is 0 Å². The summed E-state index contributed by atoms with van der Waals surface area (Å²) < 4.78 is 51.3. The average molecular weight is 543 g/mol. The second kappa shape index (κ2) is 10.7. The number of ether oxygens (including phenoxy) is 1. The Balaban J connectivity index is 1.69. The van der Waals surface area contributed by atoms with Crippen LogP contribution in [0.25, 0.3) is 16.5 Å². The van der Waals surface area contributed by atoms with Gasteiger partial charge in [-0.05, 0) is 24.6 Å². The van der Waals surface area contributed by atoms with Crippen LogP contribution in [0.4, 0.5) is 14.6 Å². The molecule has 1 aliphatic carbocycles. The monoisotopic (exact) mass is 542 g/mol. The fourth-order valence-corrected chi connectivity index (χ4v) is 4.64. The number of benzene rings is 1. The van der Waals surface area contributed by atoms with Crippen LogP contribution in [-0.4, -0.2) is 69.6 Å². The number of carbonyl (C=O) groups excluding carboxylic acids is 1. The predicted molar refractivity (Wildman–Crippen MR) is 128 cm³/mol. The lowest BCUT2D eigenvalue weighted by Gasteiger charge is -2.35. The lowest BCUT2D eigenvalue weighted by atomic mass is 9.92. The summed E-state index contributed by atoms with van der Waals surface area (Å²) in [5.74, 6) is -1.48. The Kier molecular flexibility index (Phi) is 7.84. The number of rotatable bonds is 7. The minimum Gasteiger partial charge on any atom is -0.352 e. The number of piperazine rings is 1. The third-order valence-electron chi connectivity index (χ3n) is 5.82. The molecule has 1 aromatic heterocycles. The number of phosphoric ester groups is 1. The zero-order valence-corrected chi connectivity index (χ0v) is 20.5. The maximum atomic E-state index is 15.8. The molecule has 0 spiro atoms. The fourth-order valence-electron chi connectivity index (χ4n) is 4.15. The minimum absolute atomic E-state index is 0.0871. The summed E-state index contributed by atoms with van der Waals surface area (Å²) in [6.07, 6.45) is 3.97. The molecule has 1 atom stereocenters. The molecule has 10 nitrogen and oxygen atoms in total. The van der Waals surface area contributed by atoms with Crippen LogP contribution in [0.1, 0.15) is 12.0 Å². The average Bonchev–Trinajstić information content (AvgIpc) is 2.84. The van der Waals surface area contributed by atoms with Gasteiger partial charge in [-0.15, -0.1) is 0 Å².